The average molecular weight is 388 g/mol. The minimum absolute atomic E-state index is 0.0700. The molecule has 1 N–H and O–H groups in total. The van der Waals surface area contributed by atoms with Gasteiger partial charge in [-0.25, -0.2) is 4.79 Å². The van der Waals surface area contributed by atoms with Crippen molar-refractivity contribution in [2.75, 3.05) is 12.4 Å². The lowest BCUT2D eigenvalue weighted by atomic mass is 10.2. The maximum Gasteiger partial charge on any atom is 0.387 e. The predicted molar refractivity (Wildman–Crippen MR) is 97.5 cm³/mol. The first-order valence-corrected chi connectivity index (χ1v) is 8.33. The van der Waals surface area contributed by atoms with Crippen LogP contribution in [0.3, 0.4) is 0 Å². The molecule has 2 aromatic carbocycles. The Morgan fingerprint density at radius 1 is 1.25 bits per heavy atom. The highest BCUT2D eigenvalue weighted by molar-refractivity contribution is 5.89. The molecule has 0 fully saturated rings. The minimum Gasteiger partial charge on any atom is -0.435 e. The third-order valence-corrected chi connectivity index (χ3v) is 3.88. The molecule has 2 amide bonds. The lowest BCUT2D eigenvalue weighted by Crippen LogP contribution is -2.30. The zero-order chi connectivity index (χ0) is 20.1. The highest BCUT2D eigenvalue weighted by Crippen LogP contribution is 2.17. The summed E-state index contributed by atoms with van der Waals surface area (Å²) in [6.45, 7) is -0.796. The number of aryl methyl sites for hydroxylation is 1. The van der Waals surface area contributed by atoms with Crippen molar-refractivity contribution in [1.29, 1.82) is 0 Å². The second-order valence-electron chi connectivity index (χ2n) is 6.00. The molecule has 0 aliphatic heterocycles. The Labute approximate surface area is 159 Å². The second kappa shape index (κ2) is 8.42. The predicted octanol–water partition coefficient (Wildman–Crippen LogP) is 3.24. The van der Waals surface area contributed by atoms with Gasteiger partial charge in [-0.1, -0.05) is 18.2 Å². The lowest BCUT2D eigenvalue weighted by molar-refractivity contribution is -0.0498. The van der Waals surface area contributed by atoms with E-state index >= 15 is 0 Å². The average Bonchev–Trinajstić information content (AvgIpc) is 3.09. The van der Waals surface area contributed by atoms with Crippen molar-refractivity contribution in [2.24, 2.45) is 0 Å². The van der Waals surface area contributed by atoms with Crippen LogP contribution in [0.15, 0.2) is 48.5 Å². The topological polar surface area (TPSA) is 85.2 Å². The smallest absolute Gasteiger partial charge is 0.387 e. The number of carbonyl (C=O) groups excluding carboxylic acids is 1. The summed E-state index contributed by atoms with van der Waals surface area (Å²) in [4.78, 5) is 13.9. The van der Waals surface area contributed by atoms with Crippen LogP contribution in [0.5, 0.6) is 5.75 Å². The van der Waals surface area contributed by atoms with Gasteiger partial charge in [0.1, 0.15) is 5.75 Å². The maximum atomic E-state index is 12.4. The number of amides is 2. The van der Waals surface area contributed by atoms with E-state index in [2.05, 4.69) is 25.6 Å². The van der Waals surface area contributed by atoms with Gasteiger partial charge in [-0.05, 0) is 53.2 Å². The van der Waals surface area contributed by atoms with Gasteiger partial charge in [-0.2, -0.15) is 13.5 Å². The zero-order valence-electron chi connectivity index (χ0n) is 15.2. The van der Waals surface area contributed by atoms with Gasteiger partial charge in [-0.15, -0.1) is 5.10 Å². The molecule has 10 heteroatoms. The summed E-state index contributed by atoms with van der Waals surface area (Å²) in [6.07, 6.45) is 0. The molecule has 0 atom stereocenters. The molecule has 3 aromatic rings. The summed E-state index contributed by atoms with van der Waals surface area (Å²) in [5.41, 5.74) is 2.08. The number of nitrogens with zero attached hydrogens (tertiary/aromatic N) is 5. The number of alkyl halides is 2. The zero-order valence-corrected chi connectivity index (χ0v) is 15.2. The highest BCUT2D eigenvalue weighted by atomic mass is 19.3. The Morgan fingerprint density at radius 2 is 2.00 bits per heavy atom. The number of carbonyl (C=O) groups is 1. The van der Waals surface area contributed by atoms with E-state index in [1.165, 1.54) is 17.0 Å². The molecule has 0 unspecified atom stereocenters. The van der Waals surface area contributed by atoms with Crippen LogP contribution in [0.4, 0.5) is 19.3 Å². The van der Waals surface area contributed by atoms with Crippen molar-refractivity contribution >= 4 is 11.7 Å². The summed E-state index contributed by atoms with van der Waals surface area (Å²) in [6, 6.07) is 12.9. The Hall–Kier alpha value is -3.56. The molecule has 8 nitrogen and oxygen atoms in total. The van der Waals surface area contributed by atoms with Crippen molar-refractivity contribution in [3.8, 4) is 11.4 Å². The van der Waals surface area contributed by atoms with Crippen molar-refractivity contribution in [3.05, 3.63) is 59.9 Å². The lowest BCUT2D eigenvalue weighted by Gasteiger charge is -2.18. The number of aromatic nitrogens is 4. The first kappa shape index (κ1) is 19.2. The van der Waals surface area contributed by atoms with Crippen molar-refractivity contribution in [1.82, 2.24) is 25.1 Å². The number of benzene rings is 2. The van der Waals surface area contributed by atoms with E-state index in [9.17, 15) is 13.6 Å². The summed E-state index contributed by atoms with van der Waals surface area (Å²) < 4.78 is 30.2. The van der Waals surface area contributed by atoms with Crippen LogP contribution in [0.25, 0.3) is 5.69 Å². The number of tetrazole rings is 1. The van der Waals surface area contributed by atoms with Gasteiger partial charge in [0.2, 0.25) is 0 Å². The normalized spacial score (nSPS) is 10.8. The summed E-state index contributed by atoms with van der Waals surface area (Å²) in [5.74, 6) is 0.695. The molecule has 28 heavy (non-hydrogen) atoms. The van der Waals surface area contributed by atoms with Gasteiger partial charge in [-0.3, -0.25) is 0 Å². The Balaban J connectivity index is 1.62. The molecule has 1 heterocycles. The first-order valence-electron chi connectivity index (χ1n) is 8.33. The molecule has 146 valence electrons. The van der Waals surface area contributed by atoms with Gasteiger partial charge < -0.3 is 15.0 Å². The van der Waals surface area contributed by atoms with E-state index in [1.807, 2.05) is 6.07 Å². The number of ether oxygens (including phenoxy) is 1. The summed E-state index contributed by atoms with van der Waals surface area (Å²) in [7, 11) is 1.63. The molecule has 0 aliphatic rings. The Kier molecular flexibility index (Phi) is 5.78. The molecule has 0 bridgehead atoms. The van der Waals surface area contributed by atoms with Gasteiger partial charge in [0.25, 0.3) is 0 Å². The van der Waals surface area contributed by atoms with Gasteiger partial charge in [0.05, 0.1) is 5.69 Å². The van der Waals surface area contributed by atoms with Gasteiger partial charge in [0.15, 0.2) is 5.82 Å². The fourth-order valence-electron chi connectivity index (χ4n) is 2.53. The van der Waals surface area contributed by atoms with Crippen LogP contribution < -0.4 is 10.1 Å². The number of anilines is 1. The minimum atomic E-state index is -2.87. The Bertz CT molecular complexity index is 945. The maximum absolute atomic E-state index is 12.4. The molecule has 0 saturated carbocycles. The Morgan fingerprint density at radius 3 is 2.64 bits per heavy atom. The fraction of sp³-hybridized carbons (Fsp3) is 0.222. The van der Waals surface area contributed by atoms with Crippen LogP contribution in [-0.4, -0.2) is 44.8 Å². The largest absolute Gasteiger partial charge is 0.435 e. The number of halogens is 2. The number of urea groups is 1. The van der Waals surface area contributed by atoms with Crippen LogP contribution >= 0.6 is 0 Å². The number of rotatable bonds is 6. The van der Waals surface area contributed by atoms with E-state index in [1.54, 1.807) is 49.0 Å². The summed E-state index contributed by atoms with van der Waals surface area (Å²) >= 11 is 0. The second-order valence-corrected chi connectivity index (χ2v) is 6.00. The van der Waals surface area contributed by atoms with Crippen LogP contribution in [0, 0.1) is 6.92 Å². The SMILES string of the molecule is Cc1nnnn1-c1cccc(NC(=O)N(C)Cc2ccc(OC(F)F)cc2)c1. The van der Waals surface area contributed by atoms with E-state index in [0.29, 0.717) is 18.1 Å². The van der Waals surface area contributed by atoms with E-state index < -0.39 is 6.61 Å². The molecule has 0 spiro atoms. The highest BCUT2D eigenvalue weighted by Gasteiger charge is 2.11. The molecule has 3 rings (SSSR count). The van der Waals surface area contributed by atoms with Crippen molar-refractivity contribution in [2.45, 2.75) is 20.1 Å². The van der Waals surface area contributed by atoms with Gasteiger partial charge >= 0.3 is 12.6 Å². The van der Waals surface area contributed by atoms with E-state index in [0.717, 1.165) is 11.3 Å². The van der Waals surface area contributed by atoms with Crippen molar-refractivity contribution in [3.63, 3.8) is 0 Å². The molecule has 0 saturated heterocycles. The van der Waals surface area contributed by atoms with E-state index in [-0.39, 0.29) is 11.8 Å². The fourth-order valence-corrected chi connectivity index (χ4v) is 2.53. The monoisotopic (exact) mass is 388 g/mol. The summed E-state index contributed by atoms with van der Waals surface area (Å²) in [5, 5.41) is 14.1. The number of hydrogen-bond acceptors (Lipinski definition) is 5. The van der Waals surface area contributed by atoms with E-state index in [4.69, 9.17) is 0 Å². The standard InChI is InChI=1S/C18H18F2N6O2/c1-12-22-23-24-26(12)15-5-3-4-14(10-15)21-18(27)25(2)11-13-6-8-16(9-7-13)28-17(19)20/h3-10,17H,11H2,1-2H3,(H,21,27). The van der Waals surface area contributed by atoms with Crippen LogP contribution in [-0.2, 0) is 6.54 Å². The van der Waals surface area contributed by atoms with Crippen molar-refractivity contribution < 1.29 is 18.3 Å². The van der Waals surface area contributed by atoms with Gasteiger partial charge in [0, 0.05) is 19.3 Å². The molecule has 0 aliphatic carbocycles. The number of nitrogens with one attached hydrogen (secondary N) is 1. The molecular weight excluding hydrogens is 370 g/mol. The quantitative estimate of drug-likeness (QED) is 0.701. The van der Waals surface area contributed by atoms with Crippen LogP contribution in [0.1, 0.15) is 11.4 Å². The first-order chi connectivity index (χ1) is 13.4. The molecule has 0 radical (unpaired) electrons. The molecular formula is C18H18F2N6O2. The molecule has 1 aromatic heterocycles. The number of hydrogen-bond donors (Lipinski definition) is 1. The third kappa shape index (κ3) is 4.78. The van der Waals surface area contributed by atoms with Crippen LogP contribution in [0.2, 0.25) is 0 Å². The third-order valence-electron chi connectivity index (χ3n) is 3.88.